The largest absolute Gasteiger partial charge is 0.496 e. The number of nitrogens with one attached hydrogen (secondary N) is 1. The number of nitrogens with two attached hydrogens (primary N) is 1. The zero-order chi connectivity index (χ0) is 12.8. The summed E-state index contributed by atoms with van der Waals surface area (Å²) in [6.45, 7) is 2.27. The Kier molecular flexibility index (Phi) is 5.25. The fourth-order valence-corrected chi connectivity index (χ4v) is 1.64. The van der Waals surface area contributed by atoms with Crippen molar-refractivity contribution in [2.45, 2.75) is 19.4 Å². The highest BCUT2D eigenvalue weighted by Crippen LogP contribution is 2.22. The average Bonchev–Trinajstić information content (AvgIpc) is 2.29. The normalized spacial score (nSPS) is 12.0. The fourth-order valence-electron chi connectivity index (χ4n) is 1.44. The molecular formula is C12H17ClN2O2. The molecule has 0 bridgehead atoms. The van der Waals surface area contributed by atoms with E-state index in [-0.39, 0.29) is 18.4 Å². The van der Waals surface area contributed by atoms with E-state index in [1.54, 1.807) is 25.3 Å². The SMILES string of the molecule is COc1ccc(Cl)cc1CC(=O)N[C@@H](C)CN. The van der Waals surface area contributed by atoms with Crippen molar-refractivity contribution in [2.24, 2.45) is 5.73 Å². The summed E-state index contributed by atoms with van der Waals surface area (Å²) >= 11 is 5.88. The first-order valence-corrected chi connectivity index (χ1v) is 5.76. The predicted octanol–water partition coefficient (Wildman–Crippen LogP) is 1.35. The molecule has 0 radical (unpaired) electrons. The Morgan fingerprint density at radius 3 is 2.88 bits per heavy atom. The van der Waals surface area contributed by atoms with Gasteiger partial charge in [0.15, 0.2) is 0 Å². The third kappa shape index (κ3) is 4.24. The molecule has 0 spiro atoms. The van der Waals surface area contributed by atoms with Gasteiger partial charge in [0.25, 0.3) is 0 Å². The van der Waals surface area contributed by atoms with E-state index >= 15 is 0 Å². The quantitative estimate of drug-likeness (QED) is 0.836. The number of carbonyl (C=O) groups excluding carboxylic acids is 1. The van der Waals surface area contributed by atoms with Crippen molar-refractivity contribution in [2.75, 3.05) is 13.7 Å². The first-order chi connectivity index (χ1) is 8.06. The Morgan fingerprint density at radius 1 is 1.59 bits per heavy atom. The number of halogens is 1. The Labute approximate surface area is 106 Å². The van der Waals surface area contributed by atoms with Gasteiger partial charge < -0.3 is 15.8 Å². The second-order valence-electron chi connectivity index (χ2n) is 3.84. The lowest BCUT2D eigenvalue weighted by molar-refractivity contribution is -0.121. The number of hydrogen-bond donors (Lipinski definition) is 2. The van der Waals surface area contributed by atoms with Crippen LogP contribution in [0.25, 0.3) is 0 Å². The van der Waals surface area contributed by atoms with Gasteiger partial charge in [0.05, 0.1) is 13.5 Å². The monoisotopic (exact) mass is 256 g/mol. The molecule has 0 aromatic heterocycles. The minimum atomic E-state index is -0.0940. The molecule has 0 aliphatic rings. The van der Waals surface area contributed by atoms with E-state index in [0.29, 0.717) is 17.3 Å². The average molecular weight is 257 g/mol. The van der Waals surface area contributed by atoms with Gasteiger partial charge in [0, 0.05) is 23.2 Å². The summed E-state index contributed by atoms with van der Waals surface area (Å²) in [6.07, 6.45) is 0.230. The maximum atomic E-state index is 11.7. The van der Waals surface area contributed by atoms with Gasteiger partial charge >= 0.3 is 0 Å². The molecule has 94 valence electrons. The summed E-state index contributed by atoms with van der Waals surface area (Å²) in [4.78, 5) is 11.7. The Bertz CT molecular complexity index is 396. The standard InChI is InChI=1S/C12H17ClN2O2/c1-8(7-14)15-12(16)6-9-5-10(13)3-4-11(9)17-2/h3-5,8H,6-7,14H2,1-2H3,(H,15,16)/t8-/m0/s1. The van der Waals surface area contributed by atoms with E-state index in [0.717, 1.165) is 5.56 Å². The van der Waals surface area contributed by atoms with Gasteiger partial charge in [0.2, 0.25) is 5.91 Å². The zero-order valence-corrected chi connectivity index (χ0v) is 10.8. The molecule has 1 amide bonds. The van der Waals surface area contributed by atoms with Gasteiger partial charge in [-0.25, -0.2) is 0 Å². The van der Waals surface area contributed by atoms with E-state index in [4.69, 9.17) is 22.1 Å². The molecule has 1 aromatic rings. The summed E-state index contributed by atoms with van der Waals surface area (Å²) in [7, 11) is 1.56. The molecule has 0 fully saturated rings. The maximum absolute atomic E-state index is 11.7. The van der Waals surface area contributed by atoms with Gasteiger partial charge in [-0.05, 0) is 25.1 Å². The highest BCUT2D eigenvalue weighted by Gasteiger charge is 2.11. The summed E-state index contributed by atoms with van der Waals surface area (Å²) < 4.78 is 5.17. The van der Waals surface area contributed by atoms with Crippen LogP contribution in [0.2, 0.25) is 5.02 Å². The van der Waals surface area contributed by atoms with E-state index in [1.165, 1.54) is 0 Å². The van der Waals surface area contributed by atoms with Crippen LogP contribution in [0, 0.1) is 0 Å². The highest BCUT2D eigenvalue weighted by atomic mass is 35.5. The third-order valence-corrected chi connectivity index (χ3v) is 2.59. The van der Waals surface area contributed by atoms with Crippen LogP contribution in [-0.2, 0) is 11.2 Å². The second-order valence-corrected chi connectivity index (χ2v) is 4.27. The molecule has 4 nitrogen and oxygen atoms in total. The zero-order valence-electron chi connectivity index (χ0n) is 10.00. The first kappa shape index (κ1) is 13.8. The van der Waals surface area contributed by atoms with Crippen molar-refractivity contribution < 1.29 is 9.53 Å². The predicted molar refractivity (Wildman–Crippen MR) is 68.4 cm³/mol. The molecule has 1 aromatic carbocycles. The third-order valence-electron chi connectivity index (χ3n) is 2.35. The van der Waals surface area contributed by atoms with Gasteiger partial charge in [-0.1, -0.05) is 11.6 Å². The maximum Gasteiger partial charge on any atom is 0.224 e. The molecule has 3 N–H and O–H groups in total. The lowest BCUT2D eigenvalue weighted by Crippen LogP contribution is -2.38. The number of ether oxygens (including phenoxy) is 1. The lowest BCUT2D eigenvalue weighted by Gasteiger charge is -2.13. The minimum Gasteiger partial charge on any atom is -0.496 e. The van der Waals surface area contributed by atoms with Crippen LogP contribution in [0.15, 0.2) is 18.2 Å². The van der Waals surface area contributed by atoms with E-state index in [9.17, 15) is 4.79 Å². The molecule has 0 unspecified atom stereocenters. The van der Waals surface area contributed by atoms with Gasteiger partial charge in [0.1, 0.15) is 5.75 Å². The number of carbonyl (C=O) groups is 1. The summed E-state index contributed by atoms with van der Waals surface area (Å²) in [5.74, 6) is 0.563. The van der Waals surface area contributed by atoms with Crippen molar-refractivity contribution in [1.29, 1.82) is 0 Å². The molecule has 1 atom stereocenters. The van der Waals surface area contributed by atoms with Crippen molar-refractivity contribution in [3.63, 3.8) is 0 Å². The molecule has 1 rings (SSSR count). The highest BCUT2D eigenvalue weighted by molar-refractivity contribution is 6.30. The Hall–Kier alpha value is -1.26. The summed E-state index contributed by atoms with van der Waals surface area (Å²) in [6, 6.07) is 5.17. The van der Waals surface area contributed by atoms with Crippen LogP contribution in [0.4, 0.5) is 0 Å². The van der Waals surface area contributed by atoms with Crippen LogP contribution < -0.4 is 15.8 Å². The molecule has 17 heavy (non-hydrogen) atoms. The van der Waals surface area contributed by atoms with Gasteiger partial charge in [-0.3, -0.25) is 4.79 Å². The Balaban J connectivity index is 2.73. The number of methoxy groups -OCH3 is 1. The van der Waals surface area contributed by atoms with Gasteiger partial charge in [-0.15, -0.1) is 0 Å². The lowest BCUT2D eigenvalue weighted by atomic mass is 10.1. The van der Waals surface area contributed by atoms with Crippen LogP contribution in [0.3, 0.4) is 0 Å². The topological polar surface area (TPSA) is 64.3 Å². The van der Waals surface area contributed by atoms with Crippen molar-refractivity contribution in [1.82, 2.24) is 5.32 Å². The molecule has 0 saturated heterocycles. The van der Waals surface area contributed by atoms with E-state index in [2.05, 4.69) is 5.32 Å². The number of rotatable bonds is 5. The minimum absolute atomic E-state index is 0.0346. The van der Waals surface area contributed by atoms with Crippen LogP contribution in [-0.4, -0.2) is 25.6 Å². The van der Waals surface area contributed by atoms with Crippen LogP contribution in [0.5, 0.6) is 5.75 Å². The second kappa shape index (κ2) is 6.47. The van der Waals surface area contributed by atoms with E-state index in [1.807, 2.05) is 6.92 Å². The first-order valence-electron chi connectivity index (χ1n) is 5.38. The number of benzene rings is 1. The number of amides is 1. The van der Waals surface area contributed by atoms with Crippen LogP contribution in [0.1, 0.15) is 12.5 Å². The Morgan fingerprint density at radius 2 is 2.29 bits per heavy atom. The van der Waals surface area contributed by atoms with Crippen molar-refractivity contribution >= 4 is 17.5 Å². The molecule has 0 saturated carbocycles. The molecule has 0 heterocycles. The molecule has 5 heteroatoms. The van der Waals surface area contributed by atoms with Crippen molar-refractivity contribution in [3.8, 4) is 5.75 Å². The molecule has 0 aliphatic carbocycles. The number of hydrogen-bond acceptors (Lipinski definition) is 3. The van der Waals surface area contributed by atoms with Crippen LogP contribution >= 0.6 is 11.6 Å². The summed E-state index contributed by atoms with van der Waals surface area (Å²) in [5.41, 5.74) is 6.20. The van der Waals surface area contributed by atoms with Gasteiger partial charge in [-0.2, -0.15) is 0 Å². The van der Waals surface area contributed by atoms with Crippen molar-refractivity contribution in [3.05, 3.63) is 28.8 Å². The van der Waals surface area contributed by atoms with E-state index < -0.39 is 0 Å². The summed E-state index contributed by atoms with van der Waals surface area (Å²) in [5, 5.41) is 3.37. The molecule has 0 aliphatic heterocycles. The molecular weight excluding hydrogens is 240 g/mol. The smallest absolute Gasteiger partial charge is 0.224 e. The fraction of sp³-hybridized carbons (Fsp3) is 0.417.